The van der Waals surface area contributed by atoms with Crippen molar-refractivity contribution in [1.29, 1.82) is 0 Å². The fraction of sp³-hybridized carbons (Fsp3) is 0.250. The molecule has 0 saturated carbocycles. The molecule has 2 aromatic carbocycles. The first-order chi connectivity index (χ1) is 18.8. The molecule has 0 aliphatic rings. The number of nitrogens with one attached hydrogen (secondary N) is 1. The summed E-state index contributed by atoms with van der Waals surface area (Å²) < 4.78 is 11.8. The Morgan fingerprint density at radius 3 is 2.33 bits per heavy atom. The van der Waals surface area contributed by atoms with Crippen molar-refractivity contribution >= 4 is 56.8 Å². The highest BCUT2D eigenvalue weighted by Gasteiger charge is 2.29. The van der Waals surface area contributed by atoms with Crippen LogP contribution in [0.1, 0.15) is 46.4 Å². The van der Waals surface area contributed by atoms with Gasteiger partial charge in [0, 0.05) is 0 Å². The summed E-state index contributed by atoms with van der Waals surface area (Å²) in [6.45, 7) is 6.94. The molecule has 0 fully saturated rings. The number of ether oxygens (including phenoxy) is 2. The van der Waals surface area contributed by atoms with Crippen molar-refractivity contribution in [2.45, 2.75) is 38.1 Å². The number of hydrogen-bond donors (Lipinski definition) is 1. The van der Waals surface area contributed by atoms with Crippen LogP contribution in [0.5, 0.6) is 0 Å². The number of benzene rings is 2. The molecule has 2 heterocycles. The van der Waals surface area contributed by atoms with E-state index in [1.54, 1.807) is 64.1 Å². The lowest BCUT2D eigenvalue weighted by molar-refractivity contribution is -0.115. The lowest BCUT2D eigenvalue weighted by atomic mass is 10.1. The van der Waals surface area contributed by atoms with Crippen LogP contribution in [0.2, 0.25) is 0 Å². The topological polar surface area (TPSA) is 117 Å². The zero-order valence-electron chi connectivity index (χ0n) is 21.8. The van der Waals surface area contributed by atoms with Crippen molar-refractivity contribution < 1.29 is 23.9 Å². The fourth-order valence-corrected chi connectivity index (χ4v) is 5.88. The lowest BCUT2D eigenvalue weighted by Gasteiger charge is -2.16. The van der Waals surface area contributed by atoms with Gasteiger partial charge in [-0.1, -0.05) is 42.1 Å². The molecular weight excluding hydrogens is 538 g/mol. The number of esters is 2. The molecule has 1 N–H and O–H groups in total. The predicted molar refractivity (Wildman–Crippen MR) is 152 cm³/mol. The number of carbonyl (C=O) groups excluding carboxylic acids is 3. The molecule has 1 unspecified atom stereocenters. The van der Waals surface area contributed by atoms with Crippen LogP contribution in [0, 0.1) is 6.92 Å². The standard InChI is InChI=1S/C28H27N3O6S2/c1-5-36-26(34)21-16(3)22(27(35)37-6-2)39-24(21)30-23(32)17(4)38-28-29-20-15-11-10-14-19(20)25(33)31(28)18-12-8-7-9-13-18/h7-15,17H,5-6H2,1-4H3,(H,30,32). The molecule has 0 spiro atoms. The summed E-state index contributed by atoms with van der Waals surface area (Å²) in [7, 11) is 0. The van der Waals surface area contributed by atoms with E-state index in [0.717, 1.165) is 23.1 Å². The normalized spacial score (nSPS) is 11.7. The van der Waals surface area contributed by atoms with Crippen LogP contribution in [0.3, 0.4) is 0 Å². The van der Waals surface area contributed by atoms with Crippen LogP contribution in [-0.2, 0) is 14.3 Å². The molecule has 1 atom stereocenters. The van der Waals surface area contributed by atoms with Gasteiger partial charge in [0.1, 0.15) is 9.88 Å². The van der Waals surface area contributed by atoms with E-state index in [9.17, 15) is 19.2 Å². The van der Waals surface area contributed by atoms with Gasteiger partial charge in [-0.3, -0.25) is 14.2 Å². The largest absolute Gasteiger partial charge is 0.462 e. The lowest BCUT2D eigenvalue weighted by Crippen LogP contribution is -2.26. The summed E-state index contributed by atoms with van der Waals surface area (Å²) in [4.78, 5) is 56.9. The monoisotopic (exact) mass is 565 g/mol. The molecule has 202 valence electrons. The third-order valence-corrected chi connectivity index (χ3v) is 7.97. The molecular formula is C28H27N3O6S2. The minimum Gasteiger partial charge on any atom is -0.462 e. The molecule has 39 heavy (non-hydrogen) atoms. The third-order valence-electron chi connectivity index (χ3n) is 5.73. The Morgan fingerprint density at radius 2 is 1.64 bits per heavy atom. The van der Waals surface area contributed by atoms with Gasteiger partial charge in [0.25, 0.3) is 5.56 Å². The van der Waals surface area contributed by atoms with Gasteiger partial charge in [-0.2, -0.15) is 0 Å². The number of thioether (sulfide) groups is 1. The van der Waals surface area contributed by atoms with Crippen molar-refractivity contribution in [1.82, 2.24) is 9.55 Å². The van der Waals surface area contributed by atoms with E-state index < -0.39 is 23.1 Å². The summed E-state index contributed by atoms with van der Waals surface area (Å²) in [5, 5.41) is 3.04. The molecule has 4 rings (SSSR count). The van der Waals surface area contributed by atoms with Crippen LogP contribution < -0.4 is 10.9 Å². The second-order valence-corrected chi connectivity index (χ2v) is 10.7. The molecule has 1 amide bonds. The first kappa shape index (κ1) is 28.1. The van der Waals surface area contributed by atoms with Crippen LogP contribution in [0.25, 0.3) is 16.6 Å². The Bertz CT molecular complexity index is 1600. The Kier molecular flexibility index (Phi) is 8.82. The van der Waals surface area contributed by atoms with E-state index in [2.05, 4.69) is 10.3 Å². The number of thiophene rings is 1. The summed E-state index contributed by atoms with van der Waals surface area (Å²) in [6, 6.07) is 16.1. The minimum absolute atomic E-state index is 0.112. The van der Waals surface area contributed by atoms with E-state index in [1.807, 2.05) is 18.2 Å². The number of carbonyl (C=O) groups is 3. The second kappa shape index (κ2) is 12.3. The molecule has 2 aromatic heterocycles. The van der Waals surface area contributed by atoms with Gasteiger partial charge in [-0.15, -0.1) is 11.3 Å². The SMILES string of the molecule is CCOC(=O)c1sc(NC(=O)C(C)Sc2nc3ccccc3c(=O)n2-c2ccccc2)c(C(=O)OCC)c1C. The van der Waals surface area contributed by atoms with Crippen molar-refractivity contribution in [3.05, 3.63) is 81.0 Å². The number of hydrogen-bond acceptors (Lipinski definition) is 9. The number of rotatable bonds is 9. The van der Waals surface area contributed by atoms with Gasteiger partial charge >= 0.3 is 11.9 Å². The number of aromatic nitrogens is 2. The average Bonchev–Trinajstić information content (AvgIpc) is 3.25. The van der Waals surface area contributed by atoms with Crippen LogP contribution in [0.4, 0.5) is 5.00 Å². The van der Waals surface area contributed by atoms with E-state index in [4.69, 9.17) is 9.47 Å². The molecule has 4 aromatic rings. The van der Waals surface area contributed by atoms with Gasteiger partial charge < -0.3 is 14.8 Å². The first-order valence-corrected chi connectivity index (χ1v) is 14.0. The highest BCUT2D eigenvalue weighted by atomic mass is 32.2. The number of para-hydroxylation sites is 2. The smallest absolute Gasteiger partial charge is 0.348 e. The van der Waals surface area contributed by atoms with Gasteiger partial charge in [0.05, 0.1) is 40.6 Å². The van der Waals surface area contributed by atoms with Crippen molar-refractivity contribution in [3.8, 4) is 5.69 Å². The summed E-state index contributed by atoms with van der Waals surface area (Å²) in [5.74, 6) is -1.67. The summed E-state index contributed by atoms with van der Waals surface area (Å²) in [6.07, 6.45) is 0. The van der Waals surface area contributed by atoms with E-state index in [0.29, 0.717) is 27.3 Å². The molecule has 0 aliphatic heterocycles. The zero-order valence-corrected chi connectivity index (χ0v) is 23.5. The average molecular weight is 566 g/mol. The van der Waals surface area contributed by atoms with E-state index >= 15 is 0 Å². The Labute approximate surface area is 233 Å². The summed E-state index contributed by atoms with van der Waals surface area (Å²) in [5.41, 5.74) is 1.37. The van der Waals surface area contributed by atoms with Crippen LogP contribution in [-0.4, -0.2) is 45.9 Å². The quantitative estimate of drug-likeness (QED) is 0.167. The molecule has 0 saturated heterocycles. The zero-order chi connectivity index (χ0) is 28.1. The van der Waals surface area contributed by atoms with E-state index in [-0.39, 0.29) is 34.2 Å². The number of fused-ring (bicyclic) bond motifs is 1. The molecule has 0 bridgehead atoms. The predicted octanol–water partition coefficient (Wildman–Crippen LogP) is 5.23. The second-order valence-electron chi connectivity index (χ2n) is 8.34. The maximum absolute atomic E-state index is 13.4. The first-order valence-electron chi connectivity index (χ1n) is 12.3. The van der Waals surface area contributed by atoms with Crippen molar-refractivity contribution in [2.24, 2.45) is 0 Å². The maximum Gasteiger partial charge on any atom is 0.348 e. The number of amides is 1. The number of anilines is 1. The van der Waals surface area contributed by atoms with Crippen molar-refractivity contribution in [3.63, 3.8) is 0 Å². The Balaban J connectivity index is 1.69. The molecule has 0 aliphatic carbocycles. The molecule has 0 radical (unpaired) electrons. The van der Waals surface area contributed by atoms with Crippen molar-refractivity contribution in [2.75, 3.05) is 18.5 Å². The summed E-state index contributed by atoms with van der Waals surface area (Å²) >= 11 is 2.07. The van der Waals surface area contributed by atoms with Gasteiger partial charge in [-0.05, 0) is 57.5 Å². The number of nitrogens with zero attached hydrogens (tertiary/aromatic N) is 2. The highest BCUT2D eigenvalue weighted by molar-refractivity contribution is 8.00. The highest BCUT2D eigenvalue weighted by Crippen LogP contribution is 2.35. The maximum atomic E-state index is 13.4. The van der Waals surface area contributed by atoms with Crippen LogP contribution >= 0.6 is 23.1 Å². The van der Waals surface area contributed by atoms with Gasteiger partial charge in [0.15, 0.2) is 5.16 Å². The van der Waals surface area contributed by atoms with Gasteiger partial charge in [0.2, 0.25) is 5.91 Å². The Hall–Kier alpha value is -3.96. The molecule has 9 nitrogen and oxygen atoms in total. The fourth-order valence-electron chi connectivity index (χ4n) is 3.86. The van der Waals surface area contributed by atoms with E-state index in [1.165, 1.54) is 4.57 Å². The Morgan fingerprint density at radius 1 is 1.00 bits per heavy atom. The van der Waals surface area contributed by atoms with Gasteiger partial charge in [-0.25, -0.2) is 14.6 Å². The third kappa shape index (κ3) is 5.89. The van der Waals surface area contributed by atoms with Crippen LogP contribution in [0.15, 0.2) is 64.5 Å². The molecule has 11 heteroatoms. The minimum atomic E-state index is -0.725.